The maximum Gasteiger partial charge on any atom is 1.00 e. The van der Waals surface area contributed by atoms with Crippen LogP contribution in [0.5, 0.6) is 0 Å². The Bertz CT molecular complexity index is 109. The van der Waals surface area contributed by atoms with Crippen molar-refractivity contribution in [3.8, 4) is 0 Å². The molecule has 1 N–H and O–H groups in total. The standard InChI is InChI=1S/C2H3ClO2.C2H4O2.BrH.2K/c3-1-2(4)5;1-2(3)4;;;/h1H2,(H,4,5);1H3,(H,3,4);1H;;/q;;;2*+1/p-2. The molecule has 0 heterocycles. The average molecular weight is 312 g/mol. The van der Waals surface area contributed by atoms with Gasteiger partial charge in [-0.3, -0.25) is 4.79 Å². The molecule has 0 saturated heterocycles. The van der Waals surface area contributed by atoms with Gasteiger partial charge in [0.1, 0.15) is 5.88 Å². The molecule has 0 aliphatic heterocycles. The fourth-order valence-electron chi connectivity index (χ4n) is 0. The van der Waals surface area contributed by atoms with Gasteiger partial charge in [0.05, 0.1) is 0 Å². The molecule has 0 fully saturated rings. The van der Waals surface area contributed by atoms with Gasteiger partial charge in [-0.05, 0) is 6.92 Å². The van der Waals surface area contributed by atoms with Gasteiger partial charge in [0.2, 0.25) is 0 Å². The predicted octanol–water partition coefficient (Wildman–Crippen LogP) is -9.92. The van der Waals surface area contributed by atoms with Crippen LogP contribution in [0.15, 0.2) is 0 Å². The second-order valence-corrected chi connectivity index (χ2v) is 1.29. The third kappa shape index (κ3) is 75.1. The Hall–Kier alpha value is 2.98. The summed E-state index contributed by atoms with van der Waals surface area (Å²) in [5, 5.41) is 16.5. The van der Waals surface area contributed by atoms with E-state index < -0.39 is 11.9 Å². The first-order valence-corrected chi connectivity index (χ1v) is 2.49. The molecule has 0 atom stereocenters. The molecule has 0 bridgehead atoms. The summed E-state index contributed by atoms with van der Waals surface area (Å²) in [6.45, 7) is 0.972. The van der Waals surface area contributed by atoms with Crippen molar-refractivity contribution in [2.45, 2.75) is 6.92 Å². The molecular weight excluding hydrogens is 306 g/mol. The van der Waals surface area contributed by atoms with Crippen LogP contribution in [0, 0.1) is 0 Å². The molecule has 62 valence electrons. The summed E-state index contributed by atoms with van der Waals surface area (Å²) in [4.78, 5) is 18.1. The van der Waals surface area contributed by atoms with Crippen LogP contribution in [-0.4, -0.2) is 22.9 Å². The number of halogens is 2. The molecule has 0 amide bonds. The molecule has 4 nitrogen and oxygen atoms in total. The summed E-state index contributed by atoms with van der Waals surface area (Å²) in [6.07, 6.45) is 0. The molecule has 8 heteroatoms. The van der Waals surface area contributed by atoms with Gasteiger partial charge in [0.15, 0.2) is 0 Å². The van der Waals surface area contributed by atoms with Gasteiger partial charge < -0.3 is 32.0 Å². The second-order valence-electron chi connectivity index (χ2n) is 1.02. The first-order valence-electron chi connectivity index (χ1n) is 1.96. The molecular formula is C4H6BrClK2O4. The van der Waals surface area contributed by atoms with Crippen LogP contribution in [0.3, 0.4) is 0 Å². The molecule has 0 rings (SSSR count). The summed E-state index contributed by atoms with van der Waals surface area (Å²) in [5.74, 6) is -2.37. The van der Waals surface area contributed by atoms with Crippen LogP contribution in [0.1, 0.15) is 6.92 Å². The van der Waals surface area contributed by atoms with Crippen LogP contribution in [0.25, 0.3) is 0 Å². The molecule has 0 aromatic rings. The van der Waals surface area contributed by atoms with E-state index in [1.165, 1.54) is 0 Å². The fraction of sp³-hybridized carbons (Fsp3) is 0.500. The number of carboxylic acids is 2. The zero-order valence-electron chi connectivity index (χ0n) is 7.13. The van der Waals surface area contributed by atoms with E-state index in [1.807, 2.05) is 0 Å². The van der Waals surface area contributed by atoms with Crippen LogP contribution >= 0.6 is 11.6 Å². The summed E-state index contributed by atoms with van der Waals surface area (Å²) < 4.78 is 0. The third-order valence-electron chi connectivity index (χ3n) is 0.114. The second kappa shape index (κ2) is 23.6. The van der Waals surface area contributed by atoms with Crippen molar-refractivity contribution in [2.24, 2.45) is 0 Å². The maximum atomic E-state index is 9.24. The zero-order valence-corrected chi connectivity index (χ0v) is 15.7. The van der Waals surface area contributed by atoms with E-state index in [2.05, 4.69) is 0 Å². The number of carbonyl (C=O) groups is 2. The van der Waals surface area contributed by atoms with E-state index >= 15 is 0 Å². The smallest absolute Gasteiger partial charge is 1.00 e. The molecule has 0 aliphatic rings. The normalized spacial score (nSPS) is 5.17. The monoisotopic (exact) mass is 310 g/mol. The van der Waals surface area contributed by atoms with Gasteiger partial charge in [0, 0.05) is 5.97 Å². The van der Waals surface area contributed by atoms with Crippen LogP contribution in [0.2, 0.25) is 0 Å². The summed E-state index contributed by atoms with van der Waals surface area (Å²) in [5.41, 5.74) is 0. The van der Waals surface area contributed by atoms with Crippen molar-refractivity contribution >= 4 is 23.5 Å². The quantitative estimate of drug-likeness (QED) is 0.385. The molecule has 0 aliphatic carbocycles. The predicted molar refractivity (Wildman–Crippen MR) is 29.0 cm³/mol. The molecule has 0 spiro atoms. The maximum absolute atomic E-state index is 9.24. The Kier molecular flexibility index (Phi) is 57.9. The van der Waals surface area contributed by atoms with E-state index in [0.717, 1.165) is 6.92 Å². The Labute approximate surface area is 171 Å². The molecule has 0 aromatic carbocycles. The van der Waals surface area contributed by atoms with E-state index in [4.69, 9.17) is 26.6 Å². The van der Waals surface area contributed by atoms with E-state index in [9.17, 15) is 4.79 Å². The summed E-state index contributed by atoms with van der Waals surface area (Å²) >= 11 is 4.74. The van der Waals surface area contributed by atoms with Crippen molar-refractivity contribution in [1.82, 2.24) is 0 Å². The number of aliphatic carboxylic acids is 2. The van der Waals surface area contributed by atoms with E-state index in [1.54, 1.807) is 0 Å². The topological polar surface area (TPSA) is 77.4 Å². The van der Waals surface area contributed by atoms with Crippen molar-refractivity contribution in [3.63, 3.8) is 0 Å². The van der Waals surface area contributed by atoms with Crippen molar-refractivity contribution in [1.29, 1.82) is 0 Å². The first kappa shape index (κ1) is 29.4. The van der Waals surface area contributed by atoms with E-state index in [0.29, 0.717) is 0 Å². The Morgan fingerprint density at radius 1 is 1.42 bits per heavy atom. The Morgan fingerprint density at radius 2 is 1.50 bits per heavy atom. The van der Waals surface area contributed by atoms with Crippen molar-refractivity contribution in [2.75, 3.05) is 5.88 Å². The van der Waals surface area contributed by atoms with Crippen LogP contribution < -0.4 is 125 Å². The van der Waals surface area contributed by atoms with Crippen molar-refractivity contribution < 1.29 is 140 Å². The van der Waals surface area contributed by atoms with Gasteiger partial charge in [-0.25, -0.2) is 0 Å². The van der Waals surface area contributed by atoms with E-state index in [-0.39, 0.29) is 126 Å². The Morgan fingerprint density at radius 3 is 1.50 bits per heavy atom. The SMILES string of the molecule is CC(=O)[O-].O=C(O)CCl.[Br-].[K+].[K+]. The minimum absolute atomic E-state index is 0. The van der Waals surface area contributed by atoms with Gasteiger partial charge in [-0.15, -0.1) is 11.6 Å². The molecule has 0 unspecified atom stereocenters. The van der Waals surface area contributed by atoms with Gasteiger partial charge in [-0.1, -0.05) is 0 Å². The number of carboxylic acid groups (broad SMARTS) is 2. The minimum atomic E-state index is -1.08. The molecule has 12 heavy (non-hydrogen) atoms. The van der Waals surface area contributed by atoms with Crippen molar-refractivity contribution in [3.05, 3.63) is 0 Å². The van der Waals surface area contributed by atoms with Gasteiger partial charge in [-0.2, -0.15) is 0 Å². The number of hydrogen-bond donors (Lipinski definition) is 1. The Balaban J connectivity index is -0.0000000221. The first-order chi connectivity index (χ1) is 4.00. The van der Waals surface area contributed by atoms with Crippen LogP contribution in [-0.2, 0) is 9.59 Å². The molecule has 0 radical (unpaired) electrons. The summed E-state index contributed by atoms with van der Waals surface area (Å²) in [7, 11) is 0. The summed E-state index contributed by atoms with van der Waals surface area (Å²) in [6, 6.07) is 0. The van der Waals surface area contributed by atoms with Gasteiger partial charge in [0.25, 0.3) is 0 Å². The zero-order chi connectivity index (χ0) is 7.86. The number of hydrogen-bond acceptors (Lipinski definition) is 3. The largest absolute Gasteiger partial charge is 1.00 e. The average Bonchev–Trinajstić information content (AvgIpc) is 1.65. The molecule has 0 saturated carbocycles. The number of carbonyl (C=O) groups excluding carboxylic acids is 1. The van der Waals surface area contributed by atoms with Gasteiger partial charge >= 0.3 is 109 Å². The minimum Gasteiger partial charge on any atom is -1.00 e. The van der Waals surface area contributed by atoms with Crippen LogP contribution in [0.4, 0.5) is 0 Å². The third-order valence-corrected chi connectivity index (χ3v) is 0.343. The number of rotatable bonds is 1. The fourth-order valence-corrected chi connectivity index (χ4v) is 0. The number of alkyl halides is 1. The molecule has 0 aromatic heterocycles.